The van der Waals surface area contributed by atoms with Crippen molar-refractivity contribution < 1.29 is 27.9 Å². The van der Waals surface area contributed by atoms with E-state index in [2.05, 4.69) is 26.0 Å². The second-order valence-corrected chi connectivity index (χ2v) is 8.76. The molecule has 0 aromatic carbocycles. The first-order valence-corrected chi connectivity index (χ1v) is 11.0. The summed E-state index contributed by atoms with van der Waals surface area (Å²) in [5.74, 6) is -0.772. The summed E-state index contributed by atoms with van der Waals surface area (Å²) in [4.78, 5) is 39.1. The molecule has 1 aliphatic carbocycles. The summed E-state index contributed by atoms with van der Waals surface area (Å²) in [5, 5.41) is 17.6. The quantitative estimate of drug-likeness (QED) is 0.539. The number of imidazole rings is 1. The molecule has 0 radical (unpaired) electrons. The largest absolute Gasteiger partial charge is 0.667 e. The molecule has 36 heavy (non-hydrogen) atoms. The molecule has 2 fully saturated rings. The predicted octanol–water partition coefficient (Wildman–Crippen LogP) is 3.19. The molecular weight excluding hydrogens is 481 g/mol. The lowest BCUT2D eigenvalue weighted by atomic mass is 10.00. The summed E-state index contributed by atoms with van der Waals surface area (Å²) in [6.07, 6.45) is 1.47. The molecule has 1 atom stereocenters. The van der Waals surface area contributed by atoms with E-state index in [9.17, 15) is 22.8 Å². The monoisotopic (exact) mass is 503 g/mol. The Balaban J connectivity index is 0.000000197. The number of nitrogens with one attached hydrogen (secondary N) is 2. The minimum Gasteiger partial charge on any atom is -0.667 e. The number of aromatic carboxylic acids is 1. The average Bonchev–Trinajstić information content (AvgIpc) is 3.44. The maximum Gasteiger partial charge on any atom is 0.406 e. The van der Waals surface area contributed by atoms with E-state index < -0.39 is 24.7 Å². The van der Waals surface area contributed by atoms with Crippen molar-refractivity contribution in [1.29, 1.82) is 5.26 Å². The third-order valence-corrected chi connectivity index (χ3v) is 5.93. The van der Waals surface area contributed by atoms with Crippen LogP contribution in [0.3, 0.4) is 0 Å². The topological polar surface area (TPSA) is 165 Å². The normalized spacial score (nSPS) is 16.6. The number of rotatable bonds is 5. The number of hydrogen-bond acceptors (Lipinski definition) is 6. The Morgan fingerprint density at radius 2 is 2.00 bits per heavy atom. The van der Waals surface area contributed by atoms with Crippen LogP contribution in [0, 0.1) is 30.1 Å². The van der Waals surface area contributed by atoms with Gasteiger partial charge in [-0.1, -0.05) is 18.9 Å². The smallest absolute Gasteiger partial charge is 0.406 e. The number of aromatic nitrogens is 5. The molecule has 0 spiro atoms. The van der Waals surface area contributed by atoms with E-state index in [1.165, 1.54) is 25.5 Å². The Hall–Kier alpha value is -3.99. The van der Waals surface area contributed by atoms with E-state index in [1.807, 2.05) is 0 Å². The molecule has 5 rings (SSSR count). The van der Waals surface area contributed by atoms with E-state index in [1.54, 1.807) is 4.90 Å². The maximum absolute atomic E-state index is 12.5. The molecule has 3 N–H and O–H groups in total. The van der Waals surface area contributed by atoms with Crippen LogP contribution in [0.4, 0.5) is 13.2 Å². The van der Waals surface area contributed by atoms with Crippen molar-refractivity contribution in [3.05, 3.63) is 35.7 Å². The molecule has 1 aliphatic heterocycles. The zero-order chi connectivity index (χ0) is 26.2. The Labute approximate surface area is 202 Å². The Morgan fingerprint density at radius 1 is 1.31 bits per heavy atom. The highest BCUT2D eigenvalue weighted by molar-refractivity contribution is 6.00. The highest BCUT2D eigenvalue weighted by Gasteiger charge is 2.36. The van der Waals surface area contributed by atoms with Crippen molar-refractivity contribution in [2.24, 2.45) is 11.8 Å². The average molecular weight is 503 g/mol. The number of carboxylic acids is 1. The molecule has 2 aliphatic rings. The van der Waals surface area contributed by atoms with Crippen molar-refractivity contribution >= 4 is 23.0 Å². The Morgan fingerprint density at radius 3 is 2.58 bits per heavy atom. The van der Waals surface area contributed by atoms with Crippen LogP contribution in [0.1, 0.15) is 29.0 Å². The minimum absolute atomic E-state index is 0.00959. The van der Waals surface area contributed by atoms with Crippen LogP contribution in [-0.4, -0.2) is 71.7 Å². The third kappa shape index (κ3) is 5.46. The summed E-state index contributed by atoms with van der Waals surface area (Å²) in [6, 6.07) is 1.56. The molecule has 1 saturated carbocycles. The van der Waals surface area contributed by atoms with Gasteiger partial charge in [0.05, 0.1) is 18.2 Å². The molecule has 4 heterocycles. The molecule has 1 amide bonds. The van der Waals surface area contributed by atoms with Crippen molar-refractivity contribution in [2.75, 3.05) is 13.1 Å². The number of carbonyl (C=O) groups is 2. The number of amides is 1. The van der Waals surface area contributed by atoms with Crippen LogP contribution in [0.15, 0.2) is 18.6 Å². The van der Waals surface area contributed by atoms with Crippen molar-refractivity contribution in [3.8, 4) is 17.5 Å². The number of H-pyrrole nitrogens is 1. The van der Waals surface area contributed by atoms with Gasteiger partial charge in [-0.3, -0.25) is 4.79 Å². The zero-order valence-corrected chi connectivity index (χ0v) is 19.1. The Kier molecular flexibility index (Phi) is 6.68. The van der Waals surface area contributed by atoms with Crippen LogP contribution >= 0.6 is 0 Å². The summed E-state index contributed by atoms with van der Waals surface area (Å²) >= 11 is 0. The van der Waals surface area contributed by atoms with Gasteiger partial charge in [-0.05, 0) is 12.8 Å². The molecule has 3 aromatic rings. The van der Waals surface area contributed by atoms with Gasteiger partial charge in [0, 0.05) is 25.5 Å². The van der Waals surface area contributed by atoms with Gasteiger partial charge in [-0.2, -0.15) is 18.4 Å². The predicted molar refractivity (Wildman–Crippen MR) is 119 cm³/mol. The van der Waals surface area contributed by atoms with Gasteiger partial charge >= 0.3 is 12.1 Å². The number of carbonyl (C=O) groups excluding carboxylic acids is 1. The van der Waals surface area contributed by atoms with Crippen LogP contribution in [0.25, 0.3) is 28.3 Å². The zero-order valence-electron chi connectivity index (χ0n) is 19.1. The van der Waals surface area contributed by atoms with Gasteiger partial charge in [-0.15, -0.1) is 0 Å². The Bertz CT molecular complexity index is 1330. The van der Waals surface area contributed by atoms with Gasteiger partial charge in [0.2, 0.25) is 5.91 Å². The van der Waals surface area contributed by atoms with E-state index in [4.69, 9.17) is 16.1 Å². The third-order valence-electron chi connectivity index (χ3n) is 5.93. The van der Waals surface area contributed by atoms with Crippen LogP contribution in [-0.2, 0) is 11.3 Å². The number of nitriles is 1. The fourth-order valence-electron chi connectivity index (χ4n) is 3.73. The SMILES string of the molecule is Cc1nc(-c2cnc3[nH]cc(C(=O)O)c3n2)cn1CC(F)(F)F.N#CC1CN(C(=O)[C@H]([NH-])C2CC2)C1. The number of hydrogen-bond donors (Lipinski definition) is 2. The van der Waals surface area contributed by atoms with E-state index >= 15 is 0 Å². The fraction of sp³-hybridized carbons (Fsp3) is 0.455. The summed E-state index contributed by atoms with van der Waals surface area (Å²) in [5.41, 5.74) is 8.33. The van der Waals surface area contributed by atoms with Crippen molar-refractivity contribution in [1.82, 2.24) is 29.4 Å². The molecule has 190 valence electrons. The molecule has 1 saturated heterocycles. The maximum atomic E-state index is 12.5. The molecule has 0 bridgehead atoms. The number of nitrogens with zero attached hydrogens (tertiary/aromatic N) is 6. The number of carboxylic acid groups (broad SMARTS) is 1. The van der Waals surface area contributed by atoms with E-state index in [0.29, 0.717) is 19.0 Å². The van der Waals surface area contributed by atoms with Gasteiger partial charge < -0.3 is 25.3 Å². The number of alkyl halides is 3. The first-order valence-electron chi connectivity index (χ1n) is 11.0. The number of fused-ring (bicyclic) bond motifs is 1. The highest BCUT2D eigenvalue weighted by Crippen LogP contribution is 2.35. The van der Waals surface area contributed by atoms with Crippen molar-refractivity contribution in [3.63, 3.8) is 0 Å². The van der Waals surface area contributed by atoms with Crippen molar-refractivity contribution in [2.45, 2.75) is 38.5 Å². The van der Waals surface area contributed by atoms with Gasteiger partial charge in [0.1, 0.15) is 34.8 Å². The lowest BCUT2D eigenvalue weighted by Crippen LogP contribution is -2.52. The number of aryl methyl sites for hydroxylation is 1. The van der Waals surface area contributed by atoms with Gasteiger partial charge in [0.15, 0.2) is 5.65 Å². The minimum atomic E-state index is -4.37. The lowest BCUT2D eigenvalue weighted by molar-refractivity contribution is -0.141. The van der Waals surface area contributed by atoms with Crippen LogP contribution in [0.5, 0.6) is 0 Å². The first kappa shape index (κ1) is 25.1. The molecule has 11 nitrogen and oxygen atoms in total. The summed E-state index contributed by atoms with van der Waals surface area (Å²) in [7, 11) is 0. The van der Waals surface area contributed by atoms with E-state index in [-0.39, 0.29) is 45.8 Å². The first-order chi connectivity index (χ1) is 17.0. The standard InChI is InChI=1S/C13H10F3N5O2.C9H12N3O/c1-6-19-9(4-21(6)5-13(14,15)16)8-3-18-11-10(20-8)7(2-17-11)12(22)23;10-3-6-4-12(5-6)9(13)8(11)7-1-2-7/h2-4H,5H2,1H3,(H,17,18)(H,22,23);6-8,11H,1-2,4-5H2/q;-1/t;8-/m.1/s1. The van der Waals surface area contributed by atoms with Crippen LogP contribution in [0.2, 0.25) is 0 Å². The molecule has 14 heteroatoms. The summed E-state index contributed by atoms with van der Waals surface area (Å²) < 4.78 is 38.4. The number of aromatic amines is 1. The number of likely N-dealkylation sites (tertiary alicyclic amines) is 1. The van der Waals surface area contributed by atoms with Gasteiger partial charge in [0.25, 0.3) is 0 Å². The molecular formula is C22H22F3N8O3-. The highest BCUT2D eigenvalue weighted by atomic mass is 19.4. The lowest BCUT2D eigenvalue weighted by Gasteiger charge is -2.39. The molecule has 3 aromatic heterocycles. The second-order valence-electron chi connectivity index (χ2n) is 8.76. The second kappa shape index (κ2) is 9.57. The number of halogens is 3. The van der Waals surface area contributed by atoms with Crippen LogP contribution < -0.4 is 0 Å². The summed E-state index contributed by atoms with van der Waals surface area (Å²) in [6.45, 7) is 1.36. The fourth-order valence-corrected chi connectivity index (χ4v) is 3.73. The molecule has 0 unspecified atom stereocenters. The van der Waals surface area contributed by atoms with Gasteiger partial charge in [-0.25, -0.2) is 19.7 Å². The van der Waals surface area contributed by atoms with E-state index in [0.717, 1.165) is 17.4 Å².